The van der Waals surface area contributed by atoms with Crippen LogP contribution in [0.1, 0.15) is 38.8 Å². The first kappa shape index (κ1) is 16.7. The number of aryl methyl sites for hydroxylation is 1. The first-order valence-electron chi connectivity index (χ1n) is 6.58. The largest absolute Gasteiger partial charge is 0.358 e. The van der Waals surface area contributed by atoms with Crippen LogP contribution in [0.25, 0.3) is 0 Å². The molecule has 0 heterocycles. The minimum absolute atomic E-state index is 0.145. The van der Waals surface area contributed by atoms with Gasteiger partial charge in [0.15, 0.2) is 9.84 Å². The Morgan fingerprint density at radius 2 is 1.80 bits per heavy atom. The lowest BCUT2D eigenvalue weighted by Gasteiger charge is -2.21. The number of carbonyl (C=O) groups is 1. The highest BCUT2D eigenvalue weighted by molar-refractivity contribution is 7.92. The van der Waals surface area contributed by atoms with Gasteiger partial charge in [-0.15, -0.1) is 0 Å². The molecule has 0 aliphatic carbocycles. The summed E-state index contributed by atoms with van der Waals surface area (Å²) in [7, 11) is -2.24. The third kappa shape index (κ3) is 3.20. The third-order valence-corrected chi connectivity index (χ3v) is 5.64. The van der Waals surface area contributed by atoms with Crippen molar-refractivity contribution in [3.8, 4) is 0 Å². The van der Waals surface area contributed by atoms with Crippen LogP contribution in [0.3, 0.4) is 0 Å². The van der Waals surface area contributed by atoms with Gasteiger partial charge in [-0.05, 0) is 36.5 Å². The first-order chi connectivity index (χ1) is 9.01. The zero-order valence-corrected chi connectivity index (χ0v) is 13.8. The Hall–Kier alpha value is -1.36. The fraction of sp³-hybridized carbons (Fsp3) is 0.533. The van der Waals surface area contributed by atoms with Crippen molar-refractivity contribution in [2.75, 3.05) is 7.05 Å². The lowest BCUT2D eigenvalue weighted by atomic mass is 9.87. The highest BCUT2D eigenvalue weighted by Crippen LogP contribution is 2.28. The predicted molar refractivity (Wildman–Crippen MR) is 80.6 cm³/mol. The number of hydrogen-bond acceptors (Lipinski definition) is 3. The second-order valence-electron chi connectivity index (χ2n) is 6.03. The Kier molecular flexibility index (Phi) is 4.64. The summed E-state index contributed by atoms with van der Waals surface area (Å²) >= 11 is 0. The molecule has 20 heavy (non-hydrogen) atoms. The summed E-state index contributed by atoms with van der Waals surface area (Å²) in [5.41, 5.74) is 1.45. The molecule has 5 heteroatoms. The monoisotopic (exact) mass is 297 g/mol. The topological polar surface area (TPSA) is 63.2 Å². The smallest absolute Gasteiger partial charge is 0.238 e. The number of nitrogens with one attached hydrogen (secondary N) is 1. The molecule has 1 aromatic rings. The van der Waals surface area contributed by atoms with Gasteiger partial charge in [0.05, 0.1) is 4.90 Å². The zero-order chi connectivity index (χ0) is 15.7. The number of hydrogen-bond donors (Lipinski definition) is 1. The molecule has 0 bridgehead atoms. The van der Waals surface area contributed by atoms with E-state index in [1.165, 1.54) is 14.0 Å². The Balaban J connectivity index is 3.42. The van der Waals surface area contributed by atoms with Crippen LogP contribution in [0.15, 0.2) is 23.1 Å². The normalized spacial score (nSPS) is 13.9. The molecule has 1 N–H and O–H groups in total. The molecular weight excluding hydrogens is 274 g/mol. The van der Waals surface area contributed by atoms with Crippen LogP contribution >= 0.6 is 0 Å². The van der Waals surface area contributed by atoms with E-state index >= 15 is 0 Å². The average Bonchev–Trinajstić information content (AvgIpc) is 2.35. The first-order valence-corrected chi connectivity index (χ1v) is 8.13. The Labute approximate surface area is 121 Å². The molecule has 0 aromatic heterocycles. The Morgan fingerprint density at radius 3 is 2.25 bits per heavy atom. The van der Waals surface area contributed by atoms with E-state index in [2.05, 4.69) is 5.32 Å². The molecule has 1 unspecified atom stereocenters. The molecule has 0 spiro atoms. The minimum atomic E-state index is -3.68. The minimum Gasteiger partial charge on any atom is -0.358 e. The second kappa shape index (κ2) is 5.56. The maximum Gasteiger partial charge on any atom is 0.238 e. The van der Waals surface area contributed by atoms with E-state index in [0.29, 0.717) is 5.56 Å². The van der Waals surface area contributed by atoms with Gasteiger partial charge in [-0.3, -0.25) is 4.79 Å². The van der Waals surface area contributed by atoms with Gasteiger partial charge in [-0.1, -0.05) is 32.9 Å². The highest BCUT2D eigenvalue weighted by atomic mass is 32.2. The fourth-order valence-electron chi connectivity index (χ4n) is 1.91. The summed E-state index contributed by atoms with van der Waals surface area (Å²) < 4.78 is 25.1. The van der Waals surface area contributed by atoms with E-state index in [-0.39, 0.29) is 10.3 Å². The van der Waals surface area contributed by atoms with Gasteiger partial charge in [0, 0.05) is 7.05 Å². The van der Waals surface area contributed by atoms with E-state index in [1.54, 1.807) is 19.1 Å². The summed E-state index contributed by atoms with van der Waals surface area (Å²) in [5, 5.41) is 1.29. The lowest BCUT2D eigenvalue weighted by Crippen LogP contribution is -2.36. The van der Waals surface area contributed by atoms with Crippen molar-refractivity contribution >= 4 is 15.7 Å². The van der Waals surface area contributed by atoms with Gasteiger partial charge < -0.3 is 5.32 Å². The van der Waals surface area contributed by atoms with Gasteiger partial charge >= 0.3 is 0 Å². The van der Waals surface area contributed by atoms with Crippen molar-refractivity contribution in [3.05, 3.63) is 29.3 Å². The third-order valence-electron chi connectivity index (χ3n) is 3.44. The molecule has 0 aliphatic heterocycles. The number of carbonyl (C=O) groups excluding carboxylic acids is 1. The quantitative estimate of drug-likeness (QED) is 0.930. The van der Waals surface area contributed by atoms with E-state index in [9.17, 15) is 13.2 Å². The van der Waals surface area contributed by atoms with E-state index in [1.807, 2.05) is 26.8 Å². The predicted octanol–water partition coefficient (Wildman–Crippen LogP) is 2.20. The molecule has 4 nitrogen and oxygen atoms in total. The molecule has 0 radical (unpaired) electrons. The SMILES string of the molecule is CNC(=O)C(C)S(=O)(=O)c1cc(C(C)(C)C)ccc1C. The Morgan fingerprint density at radius 1 is 1.25 bits per heavy atom. The molecule has 1 amide bonds. The lowest BCUT2D eigenvalue weighted by molar-refractivity contribution is -0.119. The van der Waals surface area contributed by atoms with Crippen LogP contribution in [-0.4, -0.2) is 26.6 Å². The maximum absolute atomic E-state index is 12.6. The van der Waals surface area contributed by atoms with Gasteiger partial charge in [-0.2, -0.15) is 0 Å². The molecule has 0 saturated heterocycles. The van der Waals surface area contributed by atoms with Gasteiger partial charge in [0.1, 0.15) is 5.25 Å². The van der Waals surface area contributed by atoms with Crippen molar-refractivity contribution in [3.63, 3.8) is 0 Å². The summed E-state index contributed by atoms with van der Waals surface area (Å²) in [5.74, 6) is -0.495. The Bertz CT molecular complexity index is 612. The molecule has 0 fully saturated rings. The molecule has 1 rings (SSSR count). The number of benzene rings is 1. The summed E-state index contributed by atoms with van der Waals surface area (Å²) in [4.78, 5) is 11.9. The van der Waals surface area contributed by atoms with Gasteiger partial charge in [0.25, 0.3) is 0 Å². The molecular formula is C15H23NO3S. The van der Waals surface area contributed by atoms with Crippen LogP contribution in [0, 0.1) is 6.92 Å². The summed E-state index contributed by atoms with van der Waals surface area (Å²) in [6.07, 6.45) is 0. The second-order valence-corrected chi connectivity index (χ2v) is 8.27. The molecule has 1 atom stereocenters. The zero-order valence-electron chi connectivity index (χ0n) is 12.9. The number of amides is 1. The van der Waals surface area contributed by atoms with Crippen LogP contribution in [0.5, 0.6) is 0 Å². The van der Waals surface area contributed by atoms with Crippen molar-refractivity contribution < 1.29 is 13.2 Å². The van der Waals surface area contributed by atoms with Crippen molar-refractivity contribution in [2.45, 2.75) is 50.2 Å². The van der Waals surface area contributed by atoms with Crippen molar-refractivity contribution in [1.29, 1.82) is 0 Å². The highest BCUT2D eigenvalue weighted by Gasteiger charge is 2.31. The van der Waals surface area contributed by atoms with Crippen molar-refractivity contribution in [1.82, 2.24) is 5.32 Å². The number of rotatable bonds is 3. The standard InChI is InChI=1S/C15H23NO3S/c1-10-7-8-12(15(3,4)5)9-13(10)20(18,19)11(2)14(17)16-6/h7-9,11H,1-6H3,(H,16,17). The van der Waals surface area contributed by atoms with Crippen LogP contribution in [-0.2, 0) is 20.0 Å². The van der Waals surface area contributed by atoms with E-state index < -0.39 is 21.0 Å². The average molecular weight is 297 g/mol. The van der Waals surface area contributed by atoms with Crippen molar-refractivity contribution in [2.24, 2.45) is 0 Å². The van der Waals surface area contributed by atoms with Crippen LogP contribution in [0.4, 0.5) is 0 Å². The van der Waals surface area contributed by atoms with Gasteiger partial charge in [-0.25, -0.2) is 8.42 Å². The van der Waals surface area contributed by atoms with Gasteiger partial charge in [0.2, 0.25) is 5.91 Å². The van der Waals surface area contributed by atoms with E-state index in [4.69, 9.17) is 0 Å². The molecule has 1 aromatic carbocycles. The molecule has 0 aliphatic rings. The molecule has 0 saturated carbocycles. The van der Waals surface area contributed by atoms with Crippen LogP contribution < -0.4 is 5.32 Å². The number of sulfone groups is 1. The summed E-state index contributed by atoms with van der Waals surface area (Å²) in [6, 6.07) is 5.41. The maximum atomic E-state index is 12.6. The molecule has 112 valence electrons. The van der Waals surface area contributed by atoms with E-state index in [0.717, 1.165) is 5.56 Å². The fourth-order valence-corrected chi connectivity index (χ4v) is 3.50. The van der Waals surface area contributed by atoms with Crippen LogP contribution in [0.2, 0.25) is 0 Å². The summed E-state index contributed by atoms with van der Waals surface area (Å²) in [6.45, 7) is 9.23.